The van der Waals surface area contributed by atoms with E-state index in [1.807, 2.05) is 48.5 Å². The van der Waals surface area contributed by atoms with Crippen LogP contribution in [0.25, 0.3) is 17.2 Å². The fraction of sp³-hybridized carbons (Fsp3) is 0.0435. The number of hydrogen-bond donors (Lipinski definition) is 1. The molecule has 0 saturated carbocycles. The highest BCUT2D eigenvalue weighted by atomic mass is 79.9. The molecular weight excluding hydrogens is 452 g/mol. The first-order chi connectivity index (χ1) is 12.6. The smallest absolute Gasteiger partial charge is 0.105 e. The van der Waals surface area contributed by atoms with Crippen LogP contribution in [0.1, 0.15) is 28.4 Å². The molecule has 1 aliphatic carbocycles. The minimum atomic E-state index is -0.653. The van der Waals surface area contributed by atoms with Gasteiger partial charge in [-0.15, -0.1) is 0 Å². The molecule has 0 radical (unpaired) electrons. The Morgan fingerprint density at radius 3 is 1.96 bits per heavy atom. The molecule has 26 heavy (non-hydrogen) atoms. The van der Waals surface area contributed by atoms with Gasteiger partial charge in [0.2, 0.25) is 0 Å². The number of benzene rings is 3. The molecule has 1 aliphatic rings. The summed E-state index contributed by atoms with van der Waals surface area (Å²) in [7, 11) is 0. The Kier molecular flexibility index (Phi) is 4.94. The summed E-state index contributed by atoms with van der Waals surface area (Å²) < 4.78 is 2.07. The fourth-order valence-electron chi connectivity index (χ4n) is 3.22. The van der Waals surface area contributed by atoms with E-state index in [9.17, 15) is 5.11 Å². The summed E-state index contributed by atoms with van der Waals surface area (Å²) in [5.74, 6) is 0. The predicted octanol–water partition coefficient (Wildman–Crippen LogP) is 6.88. The van der Waals surface area contributed by atoms with Gasteiger partial charge in [-0.3, -0.25) is 0 Å². The number of aliphatic hydroxyl groups excluding tert-OH is 1. The molecule has 0 aliphatic heterocycles. The van der Waals surface area contributed by atoms with E-state index in [2.05, 4.69) is 68.3 Å². The van der Waals surface area contributed by atoms with Crippen LogP contribution in [0.4, 0.5) is 0 Å². The fourth-order valence-corrected chi connectivity index (χ4v) is 3.75. The molecular formula is C23H16Br2O. The monoisotopic (exact) mass is 466 g/mol. The lowest BCUT2D eigenvalue weighted by Gasteiger charge is -2.14. The minimum Gasteiger partial charge on any atom is -0.384 e. The van der Waals surface area contributed by atoms with Crippen molar-refractivity contribution in [1.29, 1.82) is 0 Å². The molecule has 3 aromatic rings. The molecule has 1 N–H and O–H groups in total. The van der Waals surface area contributed by atoms with Gasteiger partial charge in [-0.1, -0.05) is 80.4 Å². The van der Waals surface area contributed by atoms with Crippen LogP contribution in [0.2, 0.25) is 0 Å². The van der Waals surface area contributed by atoms with E-state index in [1.165, 1.54) is 0 Å². The maximum atomic E-state index is 11.0. The van der Waals surface area contributed by atoms with Gasteiger partial charge in [0.15, 0.2) is 0 Å². The molecule has 128 valence electrons. The quantitative estimate of drug-likeness (QED) is 0.444. The van der Waals surface area contributed by atoms with Crippen molar-refractivity contribution >= 4 is 49.1 Å². The molecule has 1 nitrogen and oxygen atoms in total. The van der Waals surface area contributed by atoms with Gasteiger partial charge >= 0.3 is 0 Å². The normalized spacial score (nSPS) is 15.7. The first-order valence-electron chi connectivity index (χ1n) is 8.34. The first-order valence-corrected chi connectivity index (χ1v) is 9.92. The number of fused-ring (bicyclic) bond motifs is 1. The van der Waals surface area contributed by atoms with E-state index < -0.39 is 6.10 Å². The summed E-state index contributed by atoms with van der Waals surface area (Å²) in [5.41, 5.74) is 6.32. The largest absolute Gasteiger partial charge is 0.384 e. The van der Waals surface area contributed by atoms with Crippen LogP contribution in [-0.2, 0) is 0 Å². The van der Waals surface area contributed by atoms with Gasteiger partial charge in [-0.2, -0.15) is 0 Å². The zero-order chi connectivity index (χ0) is 18.1. The summed E-state index contributed by atoms with van der Waals surface area (Å²) >= 11 is 6.92. The Balaban J connectivity index is 1.77. The summed E-state index contributed by atoms with van der Waals surface area (Å²) in [6, 6.07) is 24.3. The second-order valence-electron chi connectivity index (χ2n) is 6.25. The Hall–Kier alpha value is -1.94. The van der Waals surface area contributed by atoms with Crippen molar-refractivity contribution in [2.45, 2.75) is 6.10 Å². The van der Waals surface area contributed by atoms with Crippen molar-refractivity contribution in [3.05, 3.63) is 110 Å². The van der Waals surface area contributed by atoms with E-state index >= 15 is 0 Å². The number of allylic oxidation sites excluding steroid dienone is 2. The van der Waals surface area contributed by atoms with E-state index in [0.29, 0.717) is 0 Å². The molecule has 4 rings (SSSR count). The zero-order valence-corrected chi connectivity index (χ0v) is 17.0. The van der Waals surface area contributed by atoms with E-state index in [0.717, 1.165) is 42.3 Å². The molecule has 3 heteroatoms. The van der Waals surface area contributed by atoms with Gasteiger partial charge in [-0.05, 0) is 69.8 Å². The van der Waals surface area contributed by atoms with Crippen LogP contribution in [0.3, 0.4) is 0 Å². The van der Waals surface area contributed by atoms with Gasteiger partial charge in [0.1, 0.15) is 6.10 Å². The van der Waals surface area contributed by atoms with Crippen molar-refractivity contribution in [3.8, 4) is 0 Å². The van der Waals surface area contributed by atoms with Crippen LogP contribution in [-0.4, -0.2) is 5.11 Å². The van der Waals surface area contributed by atoms with Crippen LogP contribution in [0.5, 0.6) is 0 Å². The molecule has 3 aromatic carbocycles. The van der Waals surface area contributed by atoms with Gasteiger partial charge in [0, 0.05) is 8.95 Å². The molecule has 0 saturated heterocycles. The average Bonchev–Trinajstić information content (AvgIpc) is 3.02. The van der Waals surface area contributed by atoms with Crippen molar-refractivity contribution in [2.24, 2.45) is 0 Å². The molecule has 0 heterocycles. The maximum absolute atomic E-state index is 11.0. The molecule has 0 aromatic heterocycles. The van der Waals surface area contributed by atoms with E-state index in [4.69, 9.17) is 0 Å². The lowest BCUT2D eigenvalue weighted by Crippen LogP contribution is -1.99. The lowest BCUT2D eigenvalue weighted by atomic mass is 9.96. The summed E-state index contributed by atoms with van der Waals surface area (Å²) in [5, 5.41) is 11.0. The van der Waals surface area contributed by atoms with E-state index in [-0.39, 0.29) is 0 Å². The minimum absolute atomic E-state index is 0.653. The van der Waals surface area contributed by atoms with Crippen molar-refractivity contribution in [2.75, 3.05) is 0 Å². The summed E-state index contributed by atoms with van der Waals surface area (Å²) in [6.07, 6.45) is 3.60. The molecule has 0 fully saturated rings. The molecule has 1 unspecified atom stereocenters. The Morgan fingerprint density at radius 2 is 1.31 bits per heavy atom. The van der Waals surface area contributed by atoms with Crippen LogP contribution < -0.4 is 0 Å². The predicted molar refractivity (Wildman–Crippen MR) is 116 cm³/mol. The molecule has 0 bridgehead atoms. The Morgan fingerprint density at radius 1 is 0.731 bits per heavy atom. The average molecular weight is 468 g/mol. The molecule has 0 amide bonds. The molecule has 1 atom stereocenters. The van der Waals surface area contributed by atoms with Crippen LogP contribution in [0, 0.1) is 0 Å². The van der Waals surface area contributed by atoms with Gasteiger partial charge in [0.25, 0.3) is 0 Å². The van der Waals surface area contributed by atoms with Crippen molar-refractivity contribution in [1.82, 2.24) is 0 Å². The number of rotatable bonds is 3. The number of aliphatic hydroxyl groups is 1. The second-order valence-corrected chi connectivity index (χ2v) is 8.08. The summed E-state index contributed by atoms with van der Waals surface area (Å²) in [4.78, 5) is 0. The highest BCUT2D eigenvalue weighted by molar-refractivity contribution is 9.10. The highest BCUT2D eigenvalue weighted by Gasteiger charge is 2.24. The topological polar surface area (TPSA) is 20.2 Å². The van der Waals surface area contributed by atoms with Crippen LogP contribution >= 0.6 is 31.9 Å². The van der Waals surface area contributed by atoms with Gasteiger partial charge in [-0.25, -0.2) is 0 Å². The first kappa shape index (κ1) is 17.5. The third-order valence-electron chi connectivity index (χ3n) is 4.53. The molecule has 0 spiro atoms. The van der Waals surface area contributed by atoms with Gasteiger partial charge in [0.05, 0.1) is 0 Å². The lowest BCUT2D eigenvalue weighted by molar-refractivity contribution is 0.238. The second kappa shape index (κ2) is 7.36. The third-order valence-corrected chi connectivity index (χ3v) is 5.59. The van der Waals surface area contributed by atoms with Crippen LogP contribution in [0.15, 0.2) is 87.8 Å². The zero-order valence-electron chi connectivity index (χ0n) is 13.9. The van der Waals surface area contributed by atoms with Crippen molar-refractivity contribution in [3.63, 3.8) is 0 Å². The Labute approximate surface area is 170 Å². The number of halogens is 2. The third kappa shape index (κ3) is 3.48. The standard InChI is InChI=1S/C23H16Br2O/c24-18-9-5-15(6-10-18)13-17-14-22(21-4-2-1-3-20(17)21)23(26)16-7-11-19(25)12-8-16/h1-14,23,26H/b17-13+. The highest BCUT2D eigenvalue weighted by Crippen LogP contribution is 2.42. The number of hydrogen-bond acceptors (Lipinski definition) is 1. The SMILES string of the molecule is OC(C1=C/C(=C\c2ccc(Br)cc2)c2ccccc21)c1ccc(Br)cc1. The Bertz CT molecular complexity index is 999. The summed E-state index contributed by atoms with van der Waals surface area (Å²) in [6.45, 7) is 0. The van der Waals surface area contributed by atoms with E-state index in [1.54, 1.807) is 0 Å². The van der Waals surface area contributed by atoms with Crippen molar-refractivity contribution < 1.29 is 5.11 Å². The van der Waals surface area contributed by atoms with Gasteiger partial charge < -0.3 is 5.11 Å². The maximum Gasteiger partial charge on any atom is 0.105 e.